The molecule has 0 saturated carbocycles. The van der Waals surface area contributed by atoms with Crippen LogP contribution in [0.5, 0.6) is 0 Å². The predicted octanol–water partition coefficient (Wildman–Crippen LogP) is 2.79. The van der Waals surface area contributed by atoms with E-state index in [0.29, 0.717) is 5.69 Å². The van der Waals surface area contributed by atoms with Crippen LogP contribution in [0.1, 0.15) is 31.2 Å². The largest absolute Gasteiger partial charge is 0.397 e. The zero-order chi connectivity index (χ0) is 14.2. The second-order valence-electron chi connectivity index (χ2n) is 4.94. The molecule has 0 unspecified atom stereocenters. The lowest BCUT2D eigenvalue weighted by Gasteiger charge is -2.06. The summed E-state index contributed by atoms with van der Waals surface area (Å²) in [5.74, 6) is 0. The number of nitrogens with zero attached hydrogens (tertiary/aromatic N) is 2. The van der Waals surface area contributed by atoms with E-state index in [1.165, 1.54) is 24.8 Å². The van der Waals surface area contributed by atoms with E-state index in [4.69, 9.17) is 11.5 Å². The van der Waals surface area contributed by atoms with E-state index >= 15 is 0 Å². The van der Waals surface area contributed by atoms with Crippen molar-refractivity contribution in [2.24, 2.45) is 5.73 Å². The first kappa shape index (κ1) is 14.5. The van der Waals surface area contributed by atoms with Crippen molar-refractivity contribution in [2.45, 2.75) is 32.1 Å². The van der Waals surface area contributed by atoms with Crippen LogP contribution in [-0.2, 0) is 6.42 Å². The van der Waals surface area contributed by atoms with Crippen LogP contribution >= 0.6 is 0 Å². The quantitative estimate of drug-likeness (QED) is 0.758. The van der Waals surface area contributed by atoms with Crippen LogP contribution in [0, 0.1) is 0 Å². The molecular weight excluding hydrogens is 248 g/mol. The van der Waals surface area contributed by atoms with Gasteiger partial charge in [0.05, 0.1) is 11.4 Å². The molecule has 4 heteroatoms. The van der Waals surface area contributed by atoms with E-state index in [-0.39, 0.29) is 0 Å². The number of anilines is 1. The number of nitrogen functional groups attached to an aromatic ring is 1. The van der Waals surface area contributed by atoms with Gasteiger partial charge >= 0.3 is 0 Å². The third kappa shape index (κ3) is 4.03. The maximum absolute atomic E-state index is 5.94. The highest BCUT2D eigenvalue weighted by molar-refractivity contribution is 5.69. The molecule has 0 amide bonds. The highest BCUT2D eigenvalue weighted by Gasteiger charge is 2.05. The van der Waals surface area contributed by atoms with Gasteiger partial charge in [-0.2, -0.15) is 0 Å². The first-order valence-electron chi connectivity index (χ1n) is 7.17. The number of aryl methyl sites for hydroxylation is 1. The molecule has 2 heterocycles. The van der Waals surface area contributed by atoms with Crippen molar-refractivity contribution < 1.29 is 0 Å². The molecule has 2 aromatic heterocycles. The Bertz CT molecular complexity index is 540. The molecule has 0 aliphatic carbocycles. The van der Waals surface area contributed by atoms with E-state index in [0.717, 1.165) is 30.8 Å². The highest BCUT2D eigenvalue weighted by Crippen LogP contribution is 2.22. The van der Waals surface area contributed by atoms with E-state index in [9.17, 15) is 0 Å². The SMILES string of the molecule is NCCCCCCc1ccnc(-c2ncccc2N)c1. The summed E-state index contributed by atoms with van der Waals surface area (Å²) >= 11 is 0. The molecule has 4 nitrogen and oxygen atoms in total. The van der Waals surface area contributed by atoms with Gasteiger partial charge in [-0.1, -0.05) is 12.8 Å². The Morgan fingerprint density at radius 2 is 1.80 bits per heavy atom. The Balaban J connectivity index is 2.00. The highest BCUT2D eigenvalue weighted by atomic mass is 14.8. The molecule has 0 bridgehead atoms. The van der Waals surface area contributed by atoms with Gasteiger partial charge < -0.3 is 11.5 Å². The monoisotopic (exact) mass is 270 g/mol. The molecule has 2 aromatic rings. The second kappa shape index (κ2) is 7.60. The smallest absolute Gasteiger partial charge is 0.111 e. The Kier molecular flexibility index (Phi) is 5.50. The Morgan fingerprint density at radius 1 is 0.950 bits per heavy atom. The average molecular weight is 270 g/mol. The van der Waals surface area contributed by atoms with E-state index in [2.05, 4.69) is 22.1 Å². The molecule has 0 aliphatic heterocycles. The predicted molar refractivity (Wildman–Crippen MR) is 83.1 cm³/mol. The summed E-state index contributed by atoms with van der Waals surface area (Å²) in [6, 6.07) is 7.83. The molecule has 0 atom stereocenters. The fourth-order valence-electron chi connectivity index (χ4n) is 2.22. The minimum atomic E-state index is 0.667. The van der Waals surface area contributed by atoms with E-state index in [1.54, 1.807) is 6.20 Å². The number of hydrogen-bond acceptors (Lipinski definition) is 4. The third-order valence-corrected chi connectivity index (χ3v) is 3.33. The summed E-state index contributed by atoms with van der Waals surface area (Å²) in [4.78, 5) is 8.68. The first-order valence-corrected chi connectivity index (χ1v) is 7.17. The summed E-state index contributed by atoms with van der Waals surface area (Å²) in [6.45, 7) is 0.790. The number of unbranched alkanes of at least 4 members (excludes halogenated alkanes) is 3. The van der Waals surface area contributed by atoms with Crippen LogP contribution in [0.2, 0.25) is 0 Å². The van der Waals surface area contributed by atoms with Crippen molar-refractivity contribution in [3.63, 3.8) is 0 Å². The van der Waals surface area contributed by atoms with E-state index < -0.39 is 0 Å². The number of pyridine rings is 2. The van der Waals surface area contributed by atoms with Crippen molar-refractivity contribution in [3.8, 4) is 11.4 Å². The van der Waals surface area contributed by atoms with E-state index in [1.807, 2.05) is 18.3 Å². The number of rotatable bonds is 7. The molecule has 0 aliphatic rings. The van der Waals surface area contributed by atoms with Gasteiger partial charge in [0.15, 0.2) is 0 Å². The normalized spacial score (nSPS) is 10.7. The molecule has 20 heavy (non-hydrogen) atoms. The lowest BCUT2D eigenvalue weighted by atomic mass is 10.1. The molecule has 4 N–H and O–H groups in total. The van der Waals surface area contributed by atoms with Gasteiger partial charge in [-0.25, -0.2) is 0 Å². The van der Waals surface area contributed by atoms with Crippen molar-refractivity contribution in [3.05, 3.63) is 42.2 Å². The van der Waals surface area contributed by atoms with Gasteiger partial charge in [0.2, 0.25) is 0 Å². The number of aromatic nitrogens is 2. The lowest BCUT2D eigenvalue weighted by Crippen LogP contribution is -1.98. The van der Waals surface area contributed by atoms with Crippen molar-refractivity contribution in [1.29, 1.82) is 0 Å². The molecule has 0 radical (unpaired) electrons. The van der Waals surface area contributed by atoms with Gasteiger partial charge in [0, 0.05) is 12.4 Å². The molecule has 0 spiro atoms. The molecule has 0 saturated heterocycles. The van der Waals surface area contributed by atoms with Gasteiger partial charge in [0.25, 0.3) is 0 Å². The Hall–Kier alpha value is -1.94. The lowest BCUT2D eigenvalue weighted by molar-refractivity contribution is 0.646. The summed E-state index contributed by atoms with van der Waals surface area (Å²) in [5, 5.41) is 0. The third-order valence-electron chi connectivity index (χ3n) is 3.33. The Morgan fingerprint density at radius 3 is 2.60 bits per heavy atom. The molecular formula is C16H22N4. The topological polar surface area (TPSA) is 77.8 Å². The summed E-state index contributed by atoms with van der Waals surface area (Å²) in [5.41, 5.74) is 15.0. The van der Waals surface area contributed by atoms with Crippen LogP contribution in [0.25, 0.3) is 11.4 Å². The molecule has 106 valence electrons. The summed E-state index contributed by atoms with van der Waals surface area (Å²) in [7, 11) is 0. The summed E-state index contributed by atoms with van der Waals surface area (Å²) in [6.07, 6.45) is 9.37. The van der Waals surface area contributed by atoms with Gasteiger partial charge in [-0.3, -0.25) is 9.97 Å². The van der Waals surface area contributed by atoms with Gasteiger partial charge in [-0.05, 0) is 55.6 Å². The number of nitrogens with two attached hydrogens (primary N) is 2. The maximum Gasteiger partial charge on any atom is 0.111 e. The van der Waals surface area contributed by atoms with Crippen LogP contribution in [0.15, 0.2) is 36.7 Å². The van der Waals surface area contributed by atoms with Crippen LogP contribution in [-0.4, -0.2) is 16.5 Å². The maximum atomic E-state index is 5.94. The first-order chi connectivity index (χ1) is 9.81. The average Bonchev–Trinajstić information content (AvgIpc) is 2.48. The Labute approximate surface area is 120 Å². The van der Waals surface area contributed by atoms with Gasteiger partial charge in [-0.15, -0.1) is 0 Å². The van der Waals surface area contributed by atoms with Crippen molar-refractivity contribution >= 4 is 5.69 Å². The fraction of sp³-hybridized carbons (Fsp3) is 0.375. The van der Waals surface area contributed by atoms with Crippen molar-refractivity contribution in [2.75, 3.05) is 12.3 Å². The molecule has 0 aromatic carbocycles. The molecule has 2 rings (SSSR count). The minimum Gasteiger partial charge on any atom is -0.397 e. The van der Waals surface area contributed by atoms with Crippen LogP contribution < -0.4 is 11.5 Å². The van der Waals surface area contributed by atoms with Crippen LogP contribution in [0.3, 0.4) is 0 Å². The summed E-state index contributed by atoms with van der Waals surface area (Å²) < 4.78 is 0. The second-order valence-corrected chi connectivity index (χ2v) is 4.94. The molecule has 0 fully saturated rings. The fourth-order valence-corrected chi connectivity index (χ4v) is 2.22. The standard InChI is InChI=1S/C16H22N4/c17-9-4-2-1-3-6-13-8-11-19-15(12-13)16-14(18)7-5-10-20-16/h5,7-8,10-12H,1-4,6,9,17-18H2. The van der Waals surface area contributed by atoms with Gasteiger partial charge in [0.1, 0.15) is 5.69 Å². The zero-order valence-corrected chi connectivity index (χ0v) is 11.8. The minimum absolute atomic E-state index is 0.667. The zero-order valence-electron chi connectivity index (χ0n) is 11.8. The van der Waals surface area contributed by atoms with Crippen molar-refractivity contribution in [1.82, 2.24) is 9.97 Å². The van der Waals surface area contributed by atoms with Crippen LogP contribution in [0.4, 0.5) is 5.69 Å². The number of hydrogen-bond donors (Lipinski definition) is 2.